The Hall–Kier alpha value is -2.33. The van der Waals surface area contributed by atoms with Gasteiger partial charge in [-0.1, -0.05) is 49.4 Å². The first kappa shape index (κ1) is 20.3. The fraction of sp³-hybridized carbons (Fsp3) is 0.536. The van der Waals surface area contributed by atoms with Gasteiger partial charge < -0.3 is 10.1 Å². The number of fused-ring (bicyclic) bond motifs is 4. The third-order valence-electron chi connectivity index (χ3n) is 8.64. The highest BCUT2D eigenvalue weighted by atomic mass is 16.6. The van der Waals surface area contributed by atoms with Crippen LogP contribution in [0.2, 0.25) is 0 Å². The molecule has 2 bridgehead atoms. The van der Waals surface area contributed by atoms with Crippen molar-refractivity contribution >= 4 is 6.09 Å². The number of benzene rings is 2. The summed E-state index contributed by atoms with van der Waals surface area (Å²) in [5, 5.41) is 3.33. The van der Waals surface area contributed by atoms with Crippen molar-refractivity contribution in [1.82, 2.24) is 10.2 Å². The zero-order chi connectivity index (χ0) is 21.7. The van der Waals surface area contributed by atoms with Crippen LogP contribution >= 0.6 is 0 Å². The number of amides is 1. The second kappa shape index (κ2) is 7.91. The maximum absolute atomic E-state index is 13.0. The molecular weight excluding hydrogens is 396 g/mol. The number of rotatable bonds is 4. The van der Waals surface area contributed by atoms with E-state index in [9.17, 15) is 4.79 Å². The summed E-state index contributed by atoms with van der Waals surface area (Å²) in [6.45, 7) is 5.43. The number of aryl methyl sites for hydroxylation is 2. The van der Waals surface area contributed by atoms with Gasteiger partial charge in [0.1, 0.15) is 6.10 Å². The van der Waals surface area contributed by atoms with Gasteiger partial charge in [0, 0.05) is 6.54 Å². The van der Waals surface area contributed by atoms with E-state index >= 15 is 0 Å². The topological polar surface area (TPSA) is 41.6 Å². The number of ether oxygens (including phenoxy) is 1. The van der Waals surface area contributed by atoms with E-state index in [2.05, 4.69) is 59.6 Å². The van der Waals surface area contributed by atoms with Crippen LogP contribution in [0.3, 0.4) is 0 Å². The standard InChI is InChI=1S/C28H34N2O2/c1-2-19-4-3-5-21(16-19)22-6-7-24-23(17-22)8-11-28(12-13-28)26(24)29-27(31)32-25-18-30-14-9-20(25)10-15-30/h3-7,16-17,20,25-26H,2,8-15,18H2,1H3,(H,29,31)/t25-,26?/m1/s1. The van der Waals surface area contributed by atoms with Gasteiger partial charge in [0.15, 0.2) is 0 Å². The Morgan fingerprint density at radius 2 is 1.91 bits per heavy atom. The number of carbonyl (C=O) groups is 1. The molecule has 0 radical (unpaired) electrons. The summed E-state index contributed by atoms with van der Waals surface area (Å²) < 4.78 is 5.99. The van der Waals surface area contributed by atoms with Crippen LogP contribution in [0.4, 0.5) is 4.79 Å². The van der Waals surface area contributed by atoms with E-state index in [1.807, 2.05) is 0 Å². The van der Waals surface area contributed by atoms with Crippen LogP contribution in [0.5, 0.6) is 0 Å². The van der Waals surface area contributed by atoms with E-state index in [0.29, 0.717) is 5.92 Å². The van der Waals surface area contributed by atoms with E-state index in [1.165, 1.54) is 40.7 Å². The van der Waals surface area contributed by atoms with Gasteiger partial charge in [-0.3, -0.25) is 4.90 Å². The smallest absolute Gasteiger partial charge is 0.407 e. The van der Waals surface area contributed by atoms with Crippen molar-refractivity contribution < 1.29 is 9.53 Å². The molecular formula is C28H34N2O2. The monoisotopic (exact) mass is 430 g/mol. The summed E-state index contributed by atoms with van der Waals surface area (Å²) in [5.74, 6) is 0.542. The van der Waals surface area contributed by atoms with Crippen LogP contribution in [0.25, 0.3) is 11.1 Å². The largest absolute Gasteiger partial charge is 0.445 e. The number of nitrogens with one attached hydrogen (secondary N) is 1. The van der Waals surface area contributed by atoms with Gasteiger partial charge in [-0.15, -0.1) is 0 Å². The Bertz CT molecular complexity index is 1020. The summed E-state index contributed by atoms with van der Waals surface area (Å²) in [6.07, 6.45) is 7.89. The molecule has 32 heavy (non-hydrogen) atoms. The second-order valence-electron chi connectivity index (χ2n) is 10.5. The van der Waals surface area contributed by atoms with Crippen molar-refractivity contribution in [2.75, 3.05) is 19.6 Å². The molecule has 2 aromatic carbocycles. The highest BCUT2D eigenvalue weighted by molar-refractivity contribution is 5.70. The lowest BCUT2D eigenvalue weighted by Gasteiger charge is -2.44. The Kier molecular flexibility index (Phi) is 5.02. The number of nitrogens with zero attached hydrogens (tertiary/aromatic N) is 1. The van der Waals surface area contributed by atoms with Crippen LogP contribution in [0.15, 0.2) is 42.5 Å². The number of alkyl carbamates (subject to hydrolysis) is 1. The van der Waals surface area contributed by atoms with Crippen molar-refractivity contribution in [3.8, 4) is 11.1 Å². The third kappa shape index (κ3) is 3.63. The quantitative estimate of drug-likeness (QED) is 0.696. The lowest BCUT2D eigenvalue weighted by atomic mass is 9.76. The van der Waals surface area contributed by atoms with Crippen LogP contribution < -0.4 is 5.32 Å². The lowest BCUT2D eigenvalue weighted by molar-refractivity contribution is -0.0347. The zero-order valence-corrected chi connectivity index (χ0v) is 19.1. The van der Waals surface area contributed by atoms with Gasteiger partial charge in [0.25, 0.3) is 0 Å². The molecule has 4 heteroatoms. The molecule has 1 unspecified atom stereocenters. The second-order valence-corrected chi connectivity index (χ2v) is 10.5. The minimum atomic E-state index is -0.215. The van der Waals surface area contributed by atoms with E-state index in [0.717, 1.165) is 51.7 Å². The first-order valence-electron chi connectivity index (χ1n) is 12.6. The number of carbonyl (C=O) groups excluding carboxylic acids is 1. The molecule has 3 heterocycles. The van der Waals surface area contributed by atoms with Crippen molar-refractivity contribution in [2.24, 2.45) is 11.3 Å². The normalized spacial score (nSPS) is 29.4. The maximum Gasteiger partial charge on any atom is 0.407 e. The van der Waals surface area contributed by atoms with E-state index in [4.69, 9.17) is 4.74 Å². The van der Waals surface area contributed by atoms with E-state index in [1.54, 1.807) is 0 Å². The molecule has 2 aliphatic carbocycles. The summed E-state index contributed by atoms with van der Waals surface area (Å²) in [5.41, 5.74) is 6.85. The molecule has 0 aromatic heterocycles. The number of hydrogen-bond donors (Lipinski definition) is 1. The van der Waals surface area contributed by atoms with E-state index in [-0.39, 0.29) is 23.7 Å². The first-order valence-corrected chi connectivity index (χ1v) is 12.6. The van der Waals surface area contributed by atoms with Gasteiger partial charge in [0.05, 0.1) is 6.04 Å². The Morgan fingerprint density at radius 3 is 2.62 bits per heavy atom. The molecule has 4 fully saturated rings. The molecule has 2 aromatic rings. The van der Waals surface area contributed by atoms with Gasteiger partial charge >= 0.3 is 6.09 Å². The molecule has 1 saturated carbocycles. The zero-order valence-electron chi connectivity index (χ0n) is 19.1. The van der Waals surface area contributed by atoms with Crippen molar-refractivity contribution in [1.29, 1.82) is 0 Å². The Morgan fingerprint density at radius 1 is 1.09 bits per heavy atom. The first-order chi connectivity index (χ1) is 15.6. The average molecular weight is 431 g/mol. The fourth-order valence-electron chi connectivity index (χ4n) is 6.38. The third-order valence-corrected chi connectivity index (χ3v) is 8.64. The summed E-state index contributed by atoms with van der Waals surface area (Å²) in [6, 6.07) is 15.8. The van der Waals surface area contributed by atoms with E-state index < -0.39 is 0 Å². The van der Waals surface area contributed by atoms with Gasteiger partial charge in [0.2, 0.25) is 0 Å². The minimum Gasteiger partial charge on any atom is -0.445 e. The Balaban J connectivity index is 1.22. The van der Waals surface area contributed by atoms with Gasteiger partial charge in [-0.05, 0) is 97.2 Å². The van der Waals surface area contributed by atoms with Gasteiger partial charge in [-0.25, -0.2) is 4.79 Å². The van der Waals surface area contributed by atoms with Crippen molar-refractivity contribution in [3.63, 3.8) is 0 Å². The fourth-order valence-corrected chi connectivity index (χ4v) is 6.38. The molecule has 1 N–H and O–H groups in total. The highest BCUT2D eigenvalue weighted by Crippen LogP contribution is 2.61. The molecule has 1 spiro atoms. The molecule has 4 nitrogen and oxygen atoms in total. The summed E-state index contributed by atoms with van der Waals surface area (Å²) in [7, 11) is 0. The van der Waals surface area contributed by atoms with Crippen LogP contribution in [-0.2, 0) is 17.6 Å². The SMILES string of the molecule is CCc1cccc(-c2ccc3c(c2)CCC2(CC2)C3NC(=O)O[C@@H]2CN3CCC2CC3)c1. The average Bonchev–Trinajstić information content (AvgIpc) is 3.62. The molecule has 1 amide bonds. The molecule has 3 aliphatic heterocycles. The number of piperidine rings is 3. The minimum absolute atomic E-state index is 0.0592. The molecule has 7 rings (SSSR count). The maximum atomic E-state index is 13.0. The van der Waals surface area contributed by atoms with Crippen LogP contribution in [0, 0.1) is 11.3 Å². The Labute approximate surface area is 191 Å². The van der Waals surface area contributed by atoms with Crippen LogP contribution in [-0.4, -0.2) is 36.7 Å². The predicted molar refractivity (Wildman–Crippen MR) is 127 cm³/mol. The van der Waals surface area contributed by atoms with Crippen molar-refractivity contribution in [2.45, 2.75) is 64.0 Å². The molecule has 2 atom stereocenters. The van der Waals surface area contributed by atoms with Gasteiger partial charge in [-0.2, -0.15) is 0 Å². The van der Waals surface area contributed by atoms with Crippen molar-refractivity contribution in [3.05, 3.63) is 59.2 Å². The number of hydrogen-bond acceptors (Lipinski definition) is 3. The molecule has 3 saturated heterocycles. The van der Waals surface area contributed by atoms with Crippen LogP contribution in [0.1, 0.15) is 61.8 Å². The predicted octanol–water partition coefficient (Wildman–Crippen LogP) is 5.50. The summed E-state index contributed by atoms with van der Waals surface area (Å²) in [4.78, 5) is 15.4. The summed E-state index contributed by atoms with van der Waals surface area (Å²) >= 11 is 0. The molecule has 5 aliphatic rings. The highest BCUT2D eigenvalue weighted by Gasteiger charge is 2.53. The molecule has 168 valence electrons. The lowest BCUT2D eigenvalue weighted by Crippen LogP contribution is -2.53.